The second-order valence-corrected chi connectivity index (χ2v) is 12.6. The number of benzene rings is 3. The molecule has 1 aliphatic heterocycles. The first-order valence-electron chi connectivity index (χ1n) is 13.2. The fourth-order valence-corrected chi connectivity index (χ4v) is 6.16. The summed E-state index contributed by atoms with van der Waals surface area (Å²) in [6.45, 7) is 3.39. The molecule has 3 aromatic rings. The second kappa shape index (κ2) is 11.3. The van der Waals surface area contributed by atoms with Crippen molar-refractivity contribution in [2.45, 2.75) is 45.1 Å². The van der Waals surface area contributed by atoms with Gasteiger partial charge in [0.15, 0.2) is 0 Å². The maximum Gasteiger partial charge on any atom is 0.306 e. The minimum atomic E-state index is -2.98. The smallest absolute Gasteiger partial charge is 0.306 e. The predicted molar refractivity (Wildman–Crippen MR) is 149 cm³/mol. The number of fused-ring (bicyclic) bond motifs is 4. The number of carbonyl (C=O) groups excluding carboxylic acids is 1. The van der Waals surface area contributed by atoms with Crippen molar-refractivity contribution in [2.75, 3.05) is 32.3 Å². The van der Waals surface area contributed by atoms with E-state index in [1.54, 1.807) is 0 Å². The molecule has 1 atom stereocenters. The van der Waals surface area contributed by atoms with Crippen molar-refractivity contribution in [3.8, 4) is 28.4 Å². The molecule has 1 heterocycles. The first kappa shape index (κ1) is 27.1. The molecule has 7 nitrogen and oxygen atoms in total. The Kier molecular flexibility index (Phi) is 7.84. The Hall–Kier alpha value is -3.52. The summed E-state index contributed by atoms with van der Waals surface area (Å²) < 4.78 is 45.5. The van der Waals surface area contributed by atoms with Gasteiger partial charge in [-0.3, -0.25) is 4.79 Å². The van der Waals surface area contributed by atoms with Crippen molar-refractivity contribution in [3.05, 3.63) is 76.3 Å². The van der Waals surface area contributed by atoms with Crippen LogP contribution in [0.3, 0.4) is 0 Å². The number of hydrogen-bond donors (Lipinski definition) is 0. The highest BCUT2D eigenvalue weighted by Gasteiger charge is 2.27. The summed E-state index contributed by atoms with van der Waals surface area (Å²) in [4.78, 5) is 11.7. The number of ether oxygens (including phenoxy) is 4. The number of methoxy groups -OCH3 is 1. The highest BCUT2D eigenvalue weighted by molar-refractivity contribution is 7.90. The van der Waals surface area contributed by atoms with E-state index in [1.165, 1.54) is 35.6 Å². The molecule has 2 aliphatic rings. The summed E-state index contributed by atoms with van der Waals surface area (Å²) in [5, 5.41) is 0. The third-order valence-electron chi connectivity index (χ3n) is 7.41. The van der Waals surface area contributed by atoms with Crippen LogP contribution in [0.5, 0.6) is 17.2 Å². The molecule has 0 spiro atoms. The fourth-order valence-electron chi connectivity index (χ4n) is 5.52. The highest BCUT2D eigenvalue weighted by atomic mass is 32.2. The van der Waals surface area contributed by atoms with Gasteiger partial charge in [-0.05, 0) is 77.8 Å². The molecule has 0 N–H and O–H groups in total. The van der Waals surface area contributed by atoms with Crippen molar-refractivity contribution in [3.63, 3.8) is 0 Å². The van der Waals surface area contributed by atoms with E-state index in [2.05, 4.69) is 31.2 Å². The number of rotatable bonds is 10. The zero-order valence-corrected chi connectivity index (χ0v) is 23.4. The molecule has 8 heteroatoms. The van der Waals surface area contributed by atoms with E-state index < -0.39 is 9.84 Å². The van der Waals surface area contributed by atoms with Crippen LogP contribution in [-0.4, -0.2) is 46.7 Å². The second-order valence-electron chi connectivity index (χ2n) is 10.3. The molecule has 0 amide bonds. The molecule has 0 bridgehead atoms. The maximum absolute atomic E-state index is 11.7. The van der Waals surface area contributed by atoms with Crippen molar-refractivity contribution in [2.24, 2.45) is 0 Å². The molecule has 39 heavy (non-hydrogen) atoms. The van der Waals surface area contributed by atoms with E-state index in [1.807, 2.05) is 24.3 Å². The highest BCUT2D eigenvalue weighted by Crippen LogP contribution is 2.41. The predicted octanol–water partition coefficient (Wildman–Crippen LogP) is 5.19. The largest absolute Gasteiger partial charge is 0.494 e. The van der Waals surface area contributed by atoms with E-state index in [0.717, 1.165) is 46.8 Å². The van der Waals surface area contributed by atoms with Crippen molar-refractivity contribution < 1.29 is 32.2 Å². The Morgan fingerprint density at radius 1 is 1.05 bits per heavy atom. The Bertz CT molecular complexity index is 1490. The number of aryl methyl sites for hydroxylation is 2. The molecule has 3 aromatic carbocycles. The average molecular weight is 551 g/mol. The van der Waals surface area contributed by atoms with Crippen molar-refractivity contribution in [1.82, 2.24) is 0 Å². The molecule has 1 aliphatic carbocycles. The number of hydrogen-bond acceptors (Lipinski definition) is 7. The Morgan fingerprint density at radius 2 is 1.90 bits per heavy atom. The van der Waals surface area contributed by atoms with E-state index in [4.69, 9.17) is 18.9 Å². The van der Waals surface area contributed by atoms with Crippen LogP contribution < -0.4 is 14.2 Å². The van der Waals surface area contributed by atoms with Crippen LogP contribution in [0.1, 0.15) is 46.6 Å². The van der Waals surface area contributed by atoms with Crippen LogP contribution in [0.25, 0.3) is 11.1 Å². The summed E-state index contributed by atoms with van der Waals surface area (Å²) in [7, 11) is -1.58. The third-order valence-corrected chi connectivity index (χ3v) is 8.44. The van der Waals surface area contributed by atoms with Crippen LogP contribution in [0.2, 0.25) is 0 Å². The van der Waals surface area contributed by atoms with Gasteiger partial charge in [0.1, 0.15) is 33.7 Å². The molecule has 5 rings (SSSR count). The van der Waals surface area contributed by atoms with Gasteiger partial charge >= 0.3 is 5.97 Å². The normalized spacial score (nSPS) is 15.5. The Morgan fingerprint density at radius 3 is 2.69 bits per heavy atom. The van der Waals surface area contributed by atoms with Crippen molar-refractivity contribution >= 4 is 15.8 Å². The van der Waals surface area contributed by atoms with Gasteiger partial charge in [0.2, 0.25) is 0 Å². The molecule has 0 saturated carbocycles. The zero-order valence-electron chi connectivity index (χ0n) is 22.6. The van der Waals surface area contributed by atoms with Crippen LogP contribution in [0, 0.1) is 6.92 Å². The summed E-state index contributed by atoms with van der Waals surface area (Å²) in [5.41, 5.74) is 8.31. The molecule has 0 saturated heterocycles. The summed E-state index contributed by atoms with van der Waals surface area (Å²) in [6, 6.07) is 16.3. The monoisotopic (exact) mass is 550 g/mol. The van der Waals surface area contributed by atoms with E-state index in [0.29, 0.717) is 32.7 Å². The number of sulfone groups is 1. The van der Waals surface area contributed by atoms with E-state index in [9.17, 15) is 13.2 Å². The first-order valence-corrected chi connectivity index (χ1v) is 15.3. The lowest BCUT2D eigenvalue weighted by molar-refractivity contribution is -0.141. The van der Waals surface area contributed by atoms with Crippen LogP contribution in [0.4, 0.5) is 0 Å². The Labute approximate surface area is 230 Å². The first-order chi connectivity index (χ1) is 18.7. The van der Waals surface area contributed by atoms with Crippen LogP contribution in [-0.2, 0) is 38.8 Å². The van der Waals surface area contributed by atoms with Gasteiger partial charge in [-0.2, -0.15) is 0 Å². The zero-order chi connectivity index (χ0) is 27.6. The summed E-state index contributed by atoms with van der Waals surface area (Å²) in [5.74, 6) is 2.17. The summed E-state index contributed by atoms with van der Waals surface area (Å²) >= 11 is 0. The van der Waals surface area contributed by atoms with Gasteiger partial charge in [-0.15, -0.1) is 0 Å². The minimum Gasteiger partial charge on any atom is -0.494 e. The fraction of sp³-hybridized carbons (Fsp3) is 0.387. The molecule has 0 unspecified atom stereocenters. The van der Waals surface area contributed by atoms with E-state index in [-0.39, 0.29) is 17.6 Å². The number of carbonyl (C=O) groups is 1. The third kappa shape index (κ3) is 6.22. The molecule has 0 aromatic heterocycles. The molecular formula is C31H34O7S. The van der Waals surface area contributed by atoms with Crippen LogP contribution in [0.15, 0.2) is 48.5 Å². The van der Waals surface area contributed by atoms with Gasteiger partial charge in [0.25, 0.3) is 0 Å². The van der Waals surface area contributed by atoms with Gasteiger partial charge in [-0.25, -0.2) is 8.42 Å². The van der Waals surface area contributed by atoms with Gasteiger partial charge < -0.3 is 18.9 Å². The lowest BCUT2D eigenvalue weighted by Crippen LogP contribution is -2.11. The SMILES string of the molecule is COC(=O)C[C@@H]1COc2cc(OCc3cccc4c3CCc3cc(OCCCS(C)(=O)=O)cc(C)c3-4)ccc21. The van der Waals surface area contributed by atoms with Gasteiger partial charge in [-0.1, -0.05) is 24.3 Å². The topological polar surface area (TPSA) is 88.1 Å². The molecular weight excluding hydrogens is 516 g/mol. The molecule has 0 fully saturated rings. The van der Waals surface area contributed by atoms with Crippen LogP contribution >= 0.6 is 0 Å². The summed E-state index contributed by atoms with van der Waals surface area (Å²) in [6.07, 6.45) is 3.83. The van der Waals surface area contributed by atoms with Crippen molar-refractivity contribution in [1.29, 1.82) is 0 Å². The van der Waals surface area contributed by atoms with Gasteiger partial charge in [0, 0.05) is 23.8 Å². The maximum atomic E-state index is 11.7. The van der Waals surface area contributed by atoms with Gasteiger partial charge in [0.05, 0.1) is 32.5 Å². The lowest BCUT2D eigenvalue weighted by Gasteiger charge is -2.25. The minimum absolute atomic E-state index is 0.00403. The molecule has 206 valence electrons. The number of esters is 1. The lowest BCUT2D eigenvalue weighted by atomic mass is 9.81. The Balaban J connectivity index is 1.28. The van der Waals surface area contributed by atoms with E-state index >= 15 is 0 Å². The standard InChI is InChI=1S/C31H34O7S/c1-20-14-25(36-12-5-13-39(3,33)34)15-21-8-10-26-22(6-4-7-28(26)31(20)21)18-37-24-9-11-27-23(16-30(32)35-2)19-38-29(27)17-24/h4,6-7,9,11,14-15,17,23H,5,8,10,12-13,16,18-19H2,1-3H3/t23-/m1/s1. The molecule has 0 radical (unpaired) electrons. The quantitative estimate of drug-likeness (QED) is 0.254. The average Bonchev–Trinajstić information content (AvgIpc) is 3.30.